The normalized spacial score (nSPS) is 17.8. The zero-order valence-corrected chi connectivity index (χ0v) is 13.0. The summed E-state index contributed by atoms with van der Waals surface area (Å²) in [4.78, 5) is 12.1. The van der Waals surface area contributed by atoms with Crippen LogP contribution < -0.4 is 0 Å². The molecule has 0 heterocycles. The third-order valence-corrected chi connectivity index (χ3v) is 4.28. The monoisotopic (exact) mass is 286 g/mol. The molecule has 2 rings (SSSR count). The largest absolute Gasteiger partial charge is 0.456 e. The van der Waals surface area contributed by atoms with Gasteiger partial charge in [-0.3, -0.25) is 0 Å². The van der Waals surface area contributed by atoms with E-state index in [0.29, 0.717) is 0 Å². The Bertz CT molecular complexity index is 456. The van der Waals surface area contributed by atoms with Crippen molar-refractivity contribution in [3.05, 3.63) is 42.0 Å². The van der Waals surface area contributed by atoms with Crippen LogP contribution in [0, 0.1) is 0 Å². The predicted molar refractivity (Wildman–Crippen MR) is 86.9 cm³/mol. The predicted octanol–water partition coefficient (Wildman–Crippen LogP) is 5.14. The van der Waals surface area contributed by atoms with Crippen LogP contribution in [-0.4, -0.2) is 11.6 Å². The van der Waals surface area contributed by atoms with Gasteiger partial charge in [0.15, 0.2) is 0 Å². The van der Waals surface area contributed by atoms with Crippen molar-refractivity contribution in [1.82, 2.24) is 0 Å². The van der Waals surface area contributed by atoms with Gasteiger partial charge >= 0.3 is 5.97 Å². The highest BCUT2D eigenvalue weighted by Crippen LogP contribution is 2.36. The zero-order valence-electron chi connectivity index (χ0n) is 13.0. The van der Waals surface area contributed by atoms with E-state index in [1.54, 1.807) is 6.08 Å². The quantitative estimate of drug-likeness (QED) is 0.535. The van der Waals surface area contributed by atoms with Crippen LogP contribution in [0.4, 0.5) is 0 Å². The number of unbranched alkanes of at least 4 members (excludes halogenated alkanes) is 1. The number of hydrogen-bond acceptors (Lipinski definition) is 2. The van der Waals surface area contributed by atoms with Gasteiger partial charge < -0.3 is 4.74 Å². The summed E-state index contributed by atoms with van der Waals surface area (Å²) >= 11 is 0. The smallest absolute Gasteiger partial charge is 0.331 e. The third-order valence-electron chi connectivity index (χ3n) is 4.28. The minimum atomic E-state index is -0.202. The summed E-state index contributed by atoms with van der Waals surface area (Å²) in [5.41, 5.74) is 0.826. The second-order valence-electron chi connectivity index (χ2n) is 6.01. The van der Waals surface area contributed by atoms with Crippen molar-refractivity contribution in [2.45, 2.75) is 63.9 Å². The standard InChI is InChI=1S/C19H26O2/c1-2-3-14-19(15-8-5-9-16-19)21-18(20)13-12-17-10-6-4-7-11-17/h4,6-7,10-13H,2-3,5,8-9,14-16H2,1H3/b13-12+. The minimum absolute atomic E-state index is 0.197. The van der Waals surface area contributed by atoms with Gasteiger partial charge in [0.2, 0.25) is 0 Å². The summed E-state index contributed by atoms with van der Waals surface area (Å²) in [5.74, 6) is -0.197. The molecule has 0 atom stereocenters. The molecule has 1 aromatic rings. The lowest BCUT2D eigenvalue weighted by Crippen LogP contribution is -2.36. The lowest BCUT2D eigenvalue weighted by molar-refractivity contribution is -0.158. The molecule has 0 radical (unpaired) electrons. The second kappa shape index (κ2) is 8.02. The van der Waals surface area contributed by atoms with Gasteiger partial charge in [0.1, 0.15) is 5.60 Å². The van der Waals surface area contributed by atoms with Crippen LogP contribution in [0.15, 0.2) is 36.4 Å². The fourth-order valence-electron chi connectivity index (χ4n) is 3.07. The average molecular weight is 286 g/mol. The second-order valence-corrected chi connectivity index (χ2v) is 6.01. The first kappa shape index (κ1) is 15.8. The molecule has 1 aliphatic rings. The van der Waals surface area contributed by atoms with Gasteiger partial charge in [0.25, 0.3) is 0 Å². The van der Waals surface area contributed by atoms with Crippen molar-refractivity contribution < 1.29 is 9.53 Å². The Hall–Kier alpha value is -1.57. The molecule has 21 heavy (non-hydrogen) atoms. The SMILES string of the molecule is CCCCC1(OC(=O)/C=C/c2ccccc2)CCCCC1. The summed E-state index contributed by atoms with van der Waals surface area (Å²) in [6.07, 6.45) is 12.4. The van der Waals surface area contributed by atoms with E-state index in [2.05, 4.69) is 6.92 Å². The molecule has 0 unspecified atom stereocenters. The molecule has 0 saturated heterocycles. The van der Waals surface area contributed by atoms with Crippen LogP contribution in [0.2, 0.25) is 0 Å². The molecule has 0 N–H and O–H groups in total. The number of carbonyl (C=O) groups excluding carboxylic acids is 1. The number of ether oxygens (including phenoxy) is 1. The van der Waals surface area contributed by atoms with Gasteiger partial charge in [-0.2, -0.15) is 0 Å². The van der Waals surface area contributed by atoms with Crippen LogP contribution in [0.1, 0.15) is 63.9 Å². The molecule has 0 amide bonds. The highest BCUT2D eigenvalue weighted by Gasteiger charge is 2.34. The number of benzene rings is 1. The van der Waals surface area contributed by atoms with E-state index in [-0.39, 0.29) is 11.6 Å². The van der Waals surface area contributed by atoms with E-state index in [0.717, 1.165) is 37.7 Å². The lowest BCUT2D eigenvalue weighted by Gasteiger charge is -2.36. The van der Waals surface area contributed by atoms with Gasteiger partial charge in [-0.05, 0) is 50.2 Å². The summed E-state index contributed by atoms with van der Waals surface area (Å²) in [6.45, 7) is 2.19. The van der Waals surface area contributed by atoms with E-state index in [9.17, 15) is 4.79 Å². The molecule has 2 nitrogen and oxygen atoms in total. The number of hydrogen-bond donors (Lipinski definition) is 0. The van der Waals surface area contributed by atoms with Crippen LogP contribution in [0.25, 0.3) is 6.08 Å². The summed E-state index contributed by atoms with van der Waals surface area (Å²) < 4.78 is 5.88. The van der Waals surface area contributed by atoms with Gasteiger partial charge in [0, 0.05) is 6.08 Å². The first-order valence-corrected chi connectivity index (χ1v) is 8.20. The highest BCUT2D eigenvalue weighted by atomic mass is 16.6. The Labute approximate surface area is 128 Å². The van der Waals surface area contributed by atoms with Crippen molar-refractivity contribution in [3.8, 4) is 0 Å². The maximum Gasteiger partial charge on any atom is 0.331 e. The molecule has 2 heteroatoms. The van der Waals surface area contributed by atoms with Crippen LogP contribution in [-0.2, 0) is 9.53 Å². The Morgan fingerprint density at radius 3 is 2.57 bits per heavy atom. The molecule has 114 valence electrons. The summed E-state index contributed by atoms with van der Waals surface area (Å²) in [5, 5.41) is 0. The summed E-state index contributed by atoms with van der Waals surface area (Å²) in [6, 6.07) is 9.87. The fraction of sp³-hybridized carbons (Fsp3) is 0.526. The van der Waals surface area contributed by atoms with E-state index < -0.39 is 0 Å². The first-order chi connectivity index (χ1) is 10.2. The van der Waals surface area contributed by atoms with Crippen LogP contribution >= 0.6 is 0 Å². The molecule has 0 spiro atoms. The van der Waals surface area contributed by atoms with E-state index in [4.69, 9.17) is 4.74 Å². The van der Waals surface area contributed by atoms with Gasteiger partial charge in [-0.25, -0.2) is 4.79 Å². The number of carbonyl (C=O) groups is 1. The molecular weight excluding hydrogens is 260 g/mol. The molecule has 1 aliphatic carbocycles. The fourth-order valence-corrected chi connectivity index (χ4v) is 3.07. The van der Waals surface area contributed by atoms with Crippen LogP contribution in [0.3, 0.4) is 0 Å². The Morgan fingerprint density at radius 1 is 1.19 bits per heavy atom. The van der Waals surface area contributed by atoms with Crippen molar-refractivity contribution >= 4 is 12.0 Å². The van der Waals surface area contributed by atoms with Crippen molar-refractivity contribution in [2.24, 2.45) is 0 Å². The van der Waals surface area contributed by atoms with Crippen molar-refractivity contribution in [2.75, 3.05) is 0 Å². The number of rotatable bonds is 6. The molecule has 1 saturated carbocycles. The maximum absolute atomic E-state index is 12.1. The minimum Gasteiger partial charge on any atom is -0.456 e. The zero-order chi connectivity index (χ0) is 15.0. The van der Waals surface area contributed by atoms with E-state index in [1.165, 1.54) is 19.3 Å². The Morgan fingerprint density at radius 2 is 1.90 bits per heavy atom. The first-order valence-electron chi connectivity index (χ1n) is 8.20. The molecule has 0 bridgehead atoms. The highest BCUT2D eigenvalue weighted by molar-refractivity contribution is 5.87. The van der Waals surface area contributed by atoms with E-state index in [1.807, 2.05) is 36.4 Å². The molecule has 0 aromatic heterocycles. The molecule has 0 aliphatic heterocycles. The number of esters is 1. The summed E-state index contributed by atoms with van der Waals surface area (Å²) in [7, 11) is 0. The molecule has 1 aromatic carbocycles. The average Bonchev–Trinajstić information content (AvgIpc) is 2.53. The molecule has 1 fully saturated rings. The molecular formula is C19H26O2. The maximum atomic E-state index is 12.1. The van der Waals surface area contributed by atoms with Gasteiger partial charge in [-0.1, -0.05) is 50.1 Å². The Kier molecular flexibility index (Phi) is 6.04. The lowest BCUT2D eigenvalue weighted by atomic mass is 9.81. The van der Waals surface area contributed by atoms with Crippen LogP contribution in [0.5, 0.6) is 0 Å². The topological polar surface area (TPSA) is 26.3 Å². The van der Waals surface area contributed by atoms with E-state index >= 15 is 0 Å². The van der Waals surface area contributed by atoms with Crippen molar-refractivity contribution in [3.63, 3.8) is 0 Å². The van der Waals surface area contributed by atoms with Gasteiger partial charge in [0.05, 0.1) is 0 Å². The van der Waals surface area contributed by atoms with Gasteiger partial charge in [-0.15, -0.1) is 0 Å². The Balaban J connectivity index is 1.96. The van der Waals surface area contributed by atoms with Crippen molar-refractivity contribution in [1.29, 1.82) is 0 Å². The third kappa shape index (κ3) is 5.04.